The lowest BCUT2D eigenvalue weighted by molar-refractivity contribution is -0.136. The number of aromatic nitrogens is 4. The predicted octanol–water partition coefficient (Wildman–Crippen LogP) is 1.23. The van der Waals surface area contributed by atoms with Crippen molar-refractivity contribution in [3.05, 3.63) is 45.0 Å². The van der Waals surface area contributed by atoms with E-state index in [1.165, 1.54) is 4.57 Å². The first-order valence-corrected chi connectivity index (χ1v) is 10.2. The number of nitrogens with zero attached hydrogens (tertiary/aromatic N) is 6. The highest BCUT2D eigenvalue weighted by Gasteiger charge is 2.34. The van der Waals surface area contributed by atoms with Gasteiger partial charge in [-0.15, -0.1) is 0 Å². The van der Waals surface area contributed by atoms with Crippen molar-refractivity contribution in [2.75, 3.05) is 18.5 Å². The van der Waals surface area contributed by atoms with E-state index in [0.29, 0.717) is 36.0 Å². The largest absolute Gasteiger partial charge is 0.348 e. The Morgan fingerprint density at radius 1 is 1.13 bits per heavy atom. The fourth-order valence-corrected chi connectivity index (χ4v) is 4.31. The lowest BCUT2D eigenvalue weighted by Gasteiger charge is -2.35. The Morgan fingerprint density at radius 2 is 1.90 bits per heavy atom. The summed E-state index contributed by atoms with van der Waals surface area (Å²) in [5.74, 6) is 1.04. The molecule has 4 rings (SSSR count). The lowest BCUT2D eigenvalue weighted by atomic mass is 10.0. The molecule has 1 saturated heterocycles. The van der Waals surface area contributed by atoms with E-state index in [4.69, 9.17) is 0 Å². The summed E-state index contributed by atoms with van der Waals surface area (Å²) >= 11 is 0. The summed E-state index contributed by atoms with van der Waals surface area (Å²) in [5.41, 5.74) is 2.56. The van der Waals surface area contributed by atoms with Crippen LogP contribution in [0.4, 0.5) is 5.82 Å². The van der Waals surface area contributed by atoms with Gasteiger partial charge in [-0.3, -0.25) is 19.1 Å². The number of aryl methyl sites for hydroxylation is 3. The molecule has 30 heavy (non-hydrogen) atoms. The smallest absolute Gasteiger partial charge is 0.331 e. The molecular weight excluding hydrogens is 384 g/mol. The number of fused-ring (bicyclic) bond motifs is 1. The first-order chi connectivity index (χ1) is 14.3. The summed E-state index contributed by atoms with van der Waals surface area (Å²) < 4.78 is 1.41. The van der Waals surface area contributed by atoms with E-state index in [1.54, 1.807) is 36.8 Å². The minimum absolute atomic E-state index is 0.00199. The van der Waals surface area contributed by atoms with Crippen molar-refractivity contribution in [3.8, 4) is 0 Å². The quantitative estimate of drug-likeness (QED) is 0.754. The highest BCUT2D eigenvalue weighted by molar-refractivity contribution is 6.00. The van der Waals surface area contributed by atoms with Crippen molar-refractivity contribution in [2.45, 2.75) is 59.0 Å². The molecule has 2 amide bonds. The Hall–Kier alpha value is -3.10. The Bertz CT molecular complexity index is 1090. The van der Waals surface area contributed by atoms with Gasteiger partial charge < -0.3 is 4.90 Å². The maximum atomic E-state index is 13.2. The zero-order valence-corrected chi connectivity index (χ0v) is 17.8. The number of carbonyl (C=O) groups is 2. The Labute approximate surface area is 174 Å². The molecule has 0 spiro atoms. The number of amides is 2. The van der Waals surface area contributed by atoms with Crippen LogP contribution in [0.15, 0.2) is 10.9 Å². The highest BCUT2D eigenvalue weighted by Crippen LogP contribution is 2.33. The molecule has 0 N–H and O–H groups in total. The molecule has 9 heteroatoms. The second-order valence-electron chi connectivity index (χ2n) is 8.11. The van der Waals surface area contributed by atoms with Crippen LogP contribution in [-0.2, 0) is 22.6 Å². The van der Waals surface area contributed by atoms with Gasteiger partial charge in [0.25, 0.3) is 0 Å². The summed E-state index contributed by atoms with van der Waals surface area (Å²) in [5, 5.41) is 0. The number of likely N-dealkylation sites (tertiary alicyclic amines) is 1. The van der Waals surface area contributed by atoms with E-state index in [2.05, 4.69) is 15.0 Å². The van der Waals surface area contributed by atoms with Gasteiger partial charge in [-0.1, -0.05) is 0 Å². The molecule has 158 valence electrons. The topological polar surface area (TPSA) is 101 Å². The number of anilines is 1. The molecule has 0 aromatic carbocycles. The van der Waals surface area contributed by atoms with E-state index in [9.17, 15) is 14.4 Å². The lowest BCUT2D eigenvalue weighted by Crippen LogP contribution is -2.43. The van der Waals surface area contributed by atoms with Crippen LogP contribution < -0.4 is 10.6 Å². The normalized spacial score (nSPS) is 18.7. The van der Waals surface area contributed by atoms with Gasteiger partial charge in [0.05, 0.1) is 12.5 Å². The molecule has 2 aromatic rings. The Kier molecular flexibility index (Phi) is 5.13. The van der Waals surface area contributed by atoms with Gasteiger partial charge in [-0.05, 0) is 46.1 Å². The summed E-state index contributed by atoms with van der Waals surface area (Å²) in [7, 11) is 1.72. The maximum absolute atomic E-state index is 13.2. The minimum Gasteiger partial charge on any atom is -0.331 e. The standard InChI is InChI=1S/C21H26N6O3/c1-12-9-13(2)27(21(30)22-12)11-18(29)26-8-6-5-7-16(26)19-23-14(3)15-10-17(28)25(4)20(15)24-19/h9,16H,5-8,10-11H2,1-4H3/t16-/m0/s1. The third kappa shape index (κ3) is 3.48. The van der Waals surface area contributed by atoms with Crippen molar-refractivity contribution in [2.24, 2.45) is 0 Å². The zero-order chi connectivity index (χ0) is 21.6. The maximum Gasteiger partial charge on any atom is 0.348 e. The van der Waals surface area contributed by atoms with Crippen molar-refractivity contribution >= 4 is 17.6 Å². The molecule has 0 aliphatic carbocycles. The van der Waals surface area contributed by atoms with Crippen LogP contribution in [0.3, 0.4) is 0 Å². The molecule has 0 unspecified atom stereocenters. The third-order valence-electron chi connectivity index (χ3n) is 5.99. The van der Waals surface area contributed by atoms with Crippen LogP contribution in [0.5, 0.6) is 0 Å². The molecule has 2 aliphatic rings. The number of hydrogen-bond acceptors (Lipinski definition) is 6. The number of piperidine rings is 1. The summed E-state index contributed by atoms with van der Waals surface area (Å²) in [6.45, 7) is 5.97. The van der Waals surface area contributed by atoms with E-state index < -0.39 is 5.69 Å². The SMILES string of the molecule is Cc1cc(C)n(CC(=O)N2CCCC[C@H]2c2nc(C)c3c(n2)N(C)C(=O)C3)c(=O)n1. The van der Waals surface area contributed by atoms with E-state index in [1.807, 2.05) is 6.92 Å². The van der Waals surface area contributed by atoms with Crippen molar-refractivity contribution in [1.29, 1.82) is 0 Å². The van der Waals surface area contributed by atoms with Gasteiger partial charge in [-0.2, -0.15) is 4.98 Å². The van der Waals surface area contributed by atoms with Crippen LogP contribution in [-0.4, -0.2) is 49.8 Å². The first-order valence-electron chi connectivity index (χ1n) is 10.2. The molecule has 4 heterocycles. The van der Waals surface area contributed by atoms with Crippen LogP contribution in [0.25, 0.3) is 0 Å². The van der Waals surface area contributed by atoms with Crippen molar-refractivity contribution < 1.29 is 9.59 Å². The number of carbonyl (C=O) groups excluding carboxylic acids is 2. The van der Waals surface area contributed by atoms with Crippen LogP contribution in [0.2, 0.25) is 0 Å². The van der Waals surface area contributed by atoms with Crippen molar-refractivity contribution in [1.82, 2.24) is 24.4 Å². The average Bonchev–Trinajstić information content (AvgIpc) is 2.99. The van der Waals surface area contributed by atoms with Gasteiger partial charge in [0.1, 0.15) is 12.4 Å². The van der Waals surface area contributed by atoms with Crippen LogP contribution in [0, 0.1) is 20.8 Å². The number of likely N-dealkylation sites (N-methyl/N-ethyl adjacent to an activating group) is 1. The molecule has 1 atom stereocenters. The van der Waals surface area contributed by atoms with Crippen molar-refractivity contribution in [3.63, 3.8) is 0 Å². The van der Waals surface area contributed by atoms with Gasteiger partial charge >= 0.3 is 5.69 Å². The highest BCUT2D eigenvalue weighted by atomic mass is 16.2. The van der Waals surface area contributed by atoms with Gasteiger partial charge in [0.2, 0.25) is 11.8 Å². The van der Waals surface area contributed by atoms with Gasteiger partial charge in [-0.25, -0.2) is 14.8 Å². The molecule has 2 aliphatic heterocycles. The fourth-order valence-electron chi connectivity index (χ4n) is 4.31. The number of hydrogen-bond donors (Lipinski definition) is 0. The van der Waals surface area contributed by atoms with Gasteiger partial charge in [0.15, 0.2) is 5.82 Å². The Balaban J connectivity index is 1.65. The third-order valence-corrected chi connectivity index (χ3v) is 5.99. The summed E-state index contributed by atoms with van der Waals surface area (Å²) in [6.07, 6.45) is 2.92. The van der Waals surface area contributed by atoms with Gasteiger partial charge in [0, 0.05) is 36.2 Å². The fraction of sp³-hybridized carbons (Fsp3) is 0.524. The second kappa shape index (κ2) is 7.62. The van der Waals surface area contributed by atoms with Crippen LogP contribution >= 0.6 is 0 Å². The average molecular weight is 410 g/mol. The second-order valence-corrected chi connectivity index (χ2v) is 8.11. The monoisotopic (exact) mass is 410 g/mol. The number of rotatable bonds is 3. The van der Waals surface area contributed by atoms with E-state index in [-0.39, 0.29) is 24.4 Å². The molecular formula is C21H26N6O3. The molecule has 9 nitrogen and oxygen atoms in total. The summed E-state index contributed by atoms with van der Waals surface area (Å²) in [6, 6.07) is 1.52. The molecule has 0 bridgehead atoms. The minimum atomic E-state index is -0.417. The first kappa shape index (κ1) is 20.2. The zero-order valence-electron chi connectivity index (χ0n) is 17.8. The van der Waals surface area contributed by atoms with E-state index in [0.717, 1.165) is 30.5 Å². The predicted molar refractivity (Wildman–Crippen MR) is 110 cm³/mol. The molecule has 0 radical (unpaired) electrons. The van der Waals surface area contributed by atoms with Crippen LogP contribution in [0.1, 0.15) is 53.8 Å². The summed E-state index contributed by atoms with van der Waals surface area (Å²) in [4.78, 5) is 54.2. The Morgan fingerprint density at radius 3 is 2.63 bits per heavy atom. The molecule has 0 saturated carbocycles. The molecule has 1 fully saturated rings. The van der Waals surface area contributed by atoms with E-state index >= 15 is 0 Å². The molecule has 2 aromatic heterocycles.